The molecule has 7 heteroatoms. The topological polar surface area (TPSA) is 67.4 Å². The summed E-state index contributed by atoms with van der Waals surface area (Å²) in [6, 6.07) is 4.99. The Morgan fingerprint density at radius 1 is 1.23 bits per heavy atom. The third kappa shape index (κ3) is 3.87. The van der Waals surface area contributed by atoms with Gasteiger partial charge in [-0.3, -0.25) is 9.69 Å². The van der Waals surface area contributed by atoms with E-state index in [0.29, 0.717) is 21.7 Å². The summed E-state index contributed by atoms with van der Waals surface area (Å²) >= 11 is 6.29. The molecule has 2 heterocycles. The quantitative estimate of drug-likeness (QED) is 0.889. The lowest BCUT2D eigenvalue weighted by atomic mass is 9.96. The molecule has 1 aliphatic rings. The van der Waals surface area contributed by atoms with Crippen LogP contribution in [0.25, 0.3) is 10.9 Å². The number of nitrogens with two attached hydrogens (primary N) is 1. The molecule has 6 nitrogen and oxygen atoms in total. The Hall–Kier alpha value is -1.63. The summed E-state index contributed by atoms with van der Waals surface area (Å²) in [5.74, 6) is 0.578. The zero-order valence-corrected chi connectivity index (χ0v) is 16.8. The van der Waals surface area contributed by atoms with Crippen LogP contribution in [0, 0.1) is 5.41 Å². The average molecular weight is 378 g/mol. The number of aromatic nitrogens is 2. The van der Waals surface area contributed by atoms with Crippen LogP contribution in [-0.4, -0.2) is 47.3 Å². The fourth-order valence-corrected chi connectivity index (χ4v) is 3.78. The van der Waals surface area contributed by atoms with Crippen LogP contribution in [0.4, 0.5) is 0 Å². The van der Waals surface area contributed by atoms with E-state index in [1.165, 1.54) is 0 Å². The first-order valence-electron chi connectivity index (χ1n) is 9.12. The van der Waals surface area contributed by atoms with Gasteiger partial charge in [-0.25, -0.2) is 9.66 Å². The predicted molar refractivity (Wildman–Crippen MR) is 107 cm³/mol. The molecular weight excluding hydrogens is 350 g/mol. The van der Waals surface area contributed by atoms with Crippen molar-refractivity contribution in [1.29, 1.82) is 0 Å². The van der Waals surface area contributed by atoms with E-state index in [-0.39, 0.29) is 17.0 Å². The van der Waals surface area contributed by atoms with E-state index in [2.05, 4.69) is 35.7 Å². The van der Waals surface area contributed by atoms with Crippen molar-refractivity contribution in [2.75, 3.05) is 37.7 Å². The molecule has 26 heavy (non-hydrogen) atoms. The van der Waals surface area contributed by atoms with Crippen molar-refractivity contribution < 1.29 is 0 Å². The number of hydrogen-bond donors (Lipinski definition) is 1. The van der Waals surface area contributed by atoms with E-state index in [0.717, 1.165) is 32.7 Å². The fourth-order valence-electron chi connectivity index (χ4n) is 3.53. The minimum Gasteiger partial charge on any atom is -0.322 e. The number of piperazine rings is 1. The van der Waals surface area contributed by atoms with Gasteiger partial charge in [0.2, 0.25) is 0 Å². The maximum Gasteiger partial charge on any atom is 0.281 e. The molecule has 1 atom stereocenters. The van der Waals surface area contributed by atoms with Crippen molar-refractivity contribution >= 4 is 22.5 Å². The second-order valence-corrected chi connectivity index (χ2v) is 8.71. The molecule has 2 aromatic rings. The van der Waals surface area contributed by atoms with Crippen LogP contribution < -0.4 is 16.3 Å². The normalized spacial score (nSPS) is 17.7. The summed E-state index contributed by atoms with van der Waals surface area (Å²) in [4.78, 5) is 20.3. The Bertz CT molecular complexity index is 847. The summed E-state index contributed by atoms with van der Waals surface area (Å²) in [5.41, 5.74) is 6.85. The van der Waals surface area contributed by atoms with Crippen molar-refractivity contribution in [3.05, 3.63) is 39.4 Å². The van der Waals surface area contributed by atoms with Gasteiger partial charge < -0.3 is 10.7 Å². The molecule has 0 bridgehead atoms. The van der Waals surface area contributed by atoms with Gasteiger partial charge in [-0.15, -0.1) is 0 Å². The molecule has 0 amide bonds. The highest BCUT2D eigenvalue weighted by Gasteiger charge is 2.25. The Labute approximate surface area is 159 Å². The number of rotatable bonds is 3. The maximum atomic E-state index is 13.2. The molecule has 0 aliphatic carbocycles. The minimum atomic E-state index is -0.348. The van der Waals surface area contributed by atoms with Gasteiger partial charge in [-0.05, 0) is 24.5 Å². The molecule has 1 aromatic carbocycles. The van der Waals surface area contributed by atoms with E-state index in [1.807, 2.05) is 6.92 Å². The first kappa shape index (κ1) is 19.1. The number of benzene rings is 1. The second kappa shape index (κ2) is 7.18. The molecule has 1 saturated heterocycles. The van der Waals surface area contributed by atoms with Crippen molar-refractivity contribution in [3.8, 4) is 0 Å². The van der Waals surface area contributed by atoms with Crippen LogP contribution >= 0.6 is 11.6 Å². The van der Waals surface area contributed by atoms with Crippen LogP contribution in [-0.2, 0) is 0 Å². The van der Waals surface area contributed by atoms with Crippen LogP contribution in [0.15, 0.2) is 23.0 Å². The summed E-state index contributed by atoms with van der Waals surface area (Å²) < 4.78 is 1.65. The molecule has 0 saturated carbocycles. The smallest absolute Gasteiger partial charge is 0.281 e. The Morgan fingerprint density at radius 2 is 1.88 bits per heavy atom. The molecule has 1 fully saturated rings. The first-order valence-corrected chi connectivity index (χ1v) is 9.49. The summed E-state index contributed by atoms with van der Waals surface area (Å²) in [5, 5.41) is 2.93. The maximum absolute atomic E-state index is 13.2. The molecule has 2 N–H and O–H groups in total. The molecule has 0 spiro atoms. The van der Waals surface area contributed by atoms with Gasteiger partial charge in [0.05, 0.1) is 22.0 Å². The molecule has 0 radical (unpaired) electrons. The third-order valence-electron chi connectivity index (χ3n) is 4.59. The zero-order valence-electron chi connectivity index (χ0n) is 16.0. The van der Waals surface area contributed by atoms with Crippen LogP contribution in [0.3, 0.4) is 0 Å². The molecule has 1 aliphatic heterocycles. The van der Waals surface area contributed by atoms with Crippen molar-refractivity contribution in [2.45, 2.75) is 33.7 Å². The van der Waals surface area contributed by atoms with Gasteiger partial charge in [0.1, 0.15) is 5.82 Å². The minimum absolute atomic E-state index is 0.142. The van der Waals surface area contributed by atoms with E-state index in [1.54, 1.807) is 22.9 Å². The molecule has 1 unspecified atom stereocenters. The lowest BCUT2D eigenvalue weighted by molar-refractivity contribution is 0.171. The number of halogens is 1. The fraction of sp³-hybridized carbons (Fsp3) is 0.579. The Balaban J connectivity index is 1.97. The summed E-state index contributed by atoms with van der Waals surface area (Å²) in [7, 11) is 0. The number of nitrogens with zero attached hydrogens (tertiary/aromatic N) is 4. The highest BCUT2D eigenvalue weighted by atomic mass is 35.5. The summed E-state index contributed by atoms with van der Waals surface area (Å²) in [6.45, 7) is 12.9. The van der Waals surface area contributed by atoms with Gasteiger partial charge in [-0.2, -0.15) is 0 Å². The highest BCUT2D eigenvalue weighted by Crippen LogP contribution is 2.21. The van der Waals surface area contributed by atoms with Crippen molar-refractivity contribution in [1.82, 2.24) is 14.6 Å². The van der Waals surface area contributed by atoms with Gasteiger partial charge in [0, 0.05) is 32.7 Å². The van der Waals surface area contributed by atoms with Crippen LogP contribution in [0.1, 0.15) is 39.6 Å². The van der Waals surface area contributed by atoms with Crippen LogP contribution in [0.5, 0.6) is 0 Å². The summed E-state index contributed by atoms with van der Waals surface area (Å²) in [6.07, 6.45) is 0. The van der Waals surface area contributed by atoms with Gasteiger partial charge in [-0.1, -0.05) is 38.4 Å². The Kier molecular flexibility index (Phi) is 5.28. The molecule has 1 aromatic heterocycles. The van der Waals surface area contributed by atoms with E-state index in [4.69, 9.17) is 17.3 Å². The van der Waals surface area contributed by atoms with E-state index >= 15 is 0 Å². The lowest BCUT2D eigenvalue weighted by Gasteiger charge is -2.40. The van der Waals surface area contributed by atoms with Crippen molar-refractivity contribution in [2.24, 2.45) is 11.1 Å². The monoisotopic (exact) mass is 377 g/mol. The molecule has 142 valence electrons. The predicted octanol–water partition coefficient (Wildman–Crippen LogP) is 2.37. The first-order chi connectivity index (χ1) is 12.2. The van der Waals surface area contributed by atoms with E-state index < -0.39 is 0 Å². The Morgan fingerprint density at radius 3 is 2.46 bits per heavy atom. The standard InChI is InChI=1S/C19H28ClN5O/c1-13(21)17-22-15-7-5-6-14(20)16(15)18(26)25(17)24-10-8-23(9-11-24)12-19(2,3)4/h5-7,13H,8-12,21H2,1-4H3. The largest absolute Gasteiger partial charge is 0.322 e. The molecule has 3 rings (SSSR count). The van der Waals surface area contributed by atoms with Gasteiger partial charge >= 0.3 is 0 Å². The second-order valence-electron chi connectivity index (χ2n) is 8.30. The molecular formula is C19H28ClN5O. The SMILES string of the molecule is CC(N)c1nc2cccc(Cl)c2c(=O)n1N1CCN(CC(C)(C)C)CC1. The zero-order chi connectivity index (χ0) is 19.1. The third-order valence-corrected chi connectivity index (χ3v) is 4.90. The van der Waals surface area contributed by atoms with Crippen molar-refractivity contribution in [3.63, 3.8) is 0 Å². The number of hydrogen-bond acceptors (Lipinski definition) is 5. The van der Waals surface area contributed by atoms with Gasteiger partial charge in [0.25, 0.3) is 5.56 Å². The van der Waals surface area contributed by atoms with Gasteiger partial charge in [0.15, 0.2) is 0 Å². The highest BCUT2D eigenvalue weighted by molar-refractivity contribution is 6.35. The lowest BCUT2D eigenvalue weighted by Crippen LogP contribution is -2.56. The van der Waals surface area contributed by atoms with Crippen LogP contribution in [0.2, 0.25) is 5.02 Å². The average Bonchev–Trinajstić information content (AvgIpc) is 2.54. The van der Waals surface area contributed by atoms with E-state index in [9.17, 15) is 4.79 Å². The number of fused-ring (bicyclic) bond motifs is 1.